The Balaban J connectivity index is 1.27. The summed E-state index contributed by atoms with van der Waals surface area (Å²) in [6.07, 6.45) is 2.87. The molecule has 160 valence electrons. The Morgan fingerprint density at radius 2 is 1.97 bits per heavy atom. The van der Waals surface area contributed by atoms with Crippen molar-refractivity contribution in [3.05, 3.63) is 75.6 Å². The lowest BCUT2D eigenvalue weighted by Crippen LogP contribution is -2.34. The summed E-state index contributed by atoms with van der Waals surface area (Å²) in [5.74, 6) is -0.649. The lowest BCUT2D eigenvalue weighted by atomic mass is 9.88. The molecule has 1 N–H and O–H groups in total. The number of rotatable bonds is 6. The van der Waals surface area contributed by atoms with Gasteiger partial charge in [-0.25, -0.2) is 9.59 Å². The van der Waals surface area contributed by atoms with Crippen LogP contribution in [0.3, 0.4) is 0 Å². The Labute approximate surface area is 179 Å². The largest absolute Gasteiger partial charge is 0.482 e. The van der Waals surface area contributed by atoms with Crippen LogP contribution in [0.2, 0.25) is 0 Å². The Hall–Kier alpha value is -3.61. The number of esters is 1. The van der Waals surface area contributed by atoms with E-state index in [0.29, 0.717) is 11.3 Å². The van der Waals surface area contributed by atoms with Crippen molar-refractivity contribution in [1.82, 2.24) is 5.32 Å². The molecule has 2 aromatic carbocycles. The number of benzene rings is 2. The molecule has 1 aliphatic carbocycles. The average Bonchev–Trinajstić information content (AvgIpc) is 2.76. The number of hydrogen-bond donors (Lipinski definition) is 1. The molecular weight excluding hydrogens is 398 g/mol. The van der Waals surface area contributed by atoms with Crippen LogP contribution < -0.4 is 15.7 Å². The molecule has 7 heteroatoms. The first-order chi connectivity index (χ1) is 15.0. The molecule has 1 heterocycles. The molecule has 3 aromatic rings. The third kappa shape index (κ3) is 4.94. The zero-order chi connectivity index (χ0) is 21.8. The van der Waals surface area contributed by atoms with Crippen LogP contribution in [0.1, 0.15) is 35.6 Å². The molecule has 0 fully saturated rings. The van der Waals surface area contributed by atoms with Crippen LogP contribution >= 0.6 is 0 Å². The normalized spacial score (nSPS) is 15.2. The summed E-state index contributed by atoms with van der Waals surface area (Å²) < 4.78 is 15.6. The number of aryl methyl sites for hydroxylation is 2. The minimum absolute atomic E-state index is 0.0666. The van der Waals surface area contributed by atoms with E-state index < -0.39 is 11.6 Å². The van der Waals surface area contributed by atoms with Crippen LogP contribution in [0.25, 0.3) is 11.0 Å². The van der Waals surface area contributed by atoms with E-state index in [4.69, 9.17) is 13.9 Å². The van der Waals surface area contributed by atoms with E-state index in [2.05, 4.69) is 11.4 Å². The molecule has 0 saturated heterocycles. The van der Waals surface area contributed by atoms with Gasteiger partial charge < -0.3 is 19.2 Å². The molecule has 0 bridgehead atoms. The van der Waals surface area contributed by atoms with Gasteiger partial charge in [0.15, 0.2) is 13.2 Å². The van der Waals surface area contributed by atoms with E-state index in [1.807, 2.05) is 25.1 Å². The minimum Gasteiger partial charge on any atom is -0.482 e. The molecule has 0 spiro atoms. The molecule has 7 nitrogen and oxygen atoms in total. The highest BCUT2D eigenvalue weighted by atomic mass is 16.6. The van der Waals surface area contributed by atoms with Gasteiger partial charge in [0.05, 0.1) is 6.04 Å². The van der Waals surface area contributed by atoms with Gasteiger partial charge in [0.2, 0.25) is 0 Å². The van der Waals surface area contributed by atoms with Gasteiger partial charge in [-0.15, -0.1) is 0 Å². The van der Waals surface area contributed by atoms with Crippen LogP contribution in [0.15, 0.2) is 57.7 Å². The van der Waals surface area contributed by atoms with E-state index in [9.17, 15) is 14.4 Å². The minimum atomic E-state index is -0.662. The quantitative estimate of drug-likeness (QED) is 0.485. The van der Waals surface area contributed by atoms with Gasteiger partial charge in [-0.05, 0) is 55.0 Å². The monoisotopic (exact) mass is 421 g/mol. The fraction of sp³-hybridized carbons (Fsp3) is 0.292. The average molecular weight is 421 g/mol. The fourth-order valence-electron chi connectivity index (χ4n) is 3.86. The lowest BCUT2D eigenvalue weighted by molar-refractivity contribution is -0.150. The highest BCUT2D eigenvalue weighted by Gasteiger charge is 2.21. The van der Waals surface area contributed by atoms with Crippen LogP contribution in [-0.4, -0.2) is 25.1 Å². The molecule has 1 unspecified atom stereocenters. The number of ether oxygens (including phenoxy) is 2. The molecule has 0 radical (unpaired) electrons. The highest BCUT2D eigenvalue weighted by molar-refractivity contribution is 5.82. The van der Waals surface area contributed by atoms with Crippen LogP contribution in [0.4, 0.5) is 0 Å². The summed E-state index contributed by atoms with van der Waals surface area (Å²) in [5.41, 5.74) is 3.08. The second-order valence-electron chi connectivity index (χ2n) is 7.57. The van der Waals surface area contributed by atoms with E-state index >= 15 is 0 Å². The molecule has 1 atom stereocenters. The number of hydrogen-bond acceptors (Lipinski definition) is 6. The van der Waals surface area contributed by atoms with Crippen LogP contribution in [0, 0.1) is 6.92 Å². The summed E-state index contributed by atoms with van der Waals surface area (Å²) in [7, 11) is 0. The second kappa shape index (κ2) is 9.04. The van der Waals surface area contributed by atoms with Crippen molar-refractivity contribution >= 4 is 22.8 Å². The first-order valence-corrected chi connectivity index (χ1v) is 10.2. The number of carbonyl (C=O) groups is 2. The maximum atomic E-state index is 12.2. The van der Waals surface area contributed by atoms with Gasteiger partial charge in [-0.1, -0.05) is 24.3 Å². The number of nitrogens with one attached hydrogen (secondary N) is 1. The van der Waals surface area contributed by atoms with E-state index in [0.717, 1.165) is 35.8 Å². The van der Waals surface area contributed by atoms with E-state index in [1.54, 1.807) is 18.2 Å². The molecule has 1 amide bonds. The SMILES string of the molecule is Cc1cc(=O)oc2cc(OCC(=O)OCC(=O)NC3CCCc4ccccc43)ccc12. The molecule has 1 aliphatic rings. The Kier molecular flexibility index (Phi) is 6.02. The van der Waals surface area contributed by atoms with E-state index in [-0.39, 0.29) is 25.2 Å². The van der Waals surface area contributed by atoms with Crippen molar-refractivity contribution in [2.24, 2.45) is 0 Å². The predicted octanol–water partition coefficient (Wildman–Crippen LogP) is 3.22. The maximum absolute atomic E-state index is 12.2. The van der Waals surface area contributed by atoms with Crippen molar-refractivity contribution in [2.75, 3.05) is 13.2 Å². The number of carbonyl (C=O) groups excluding carboxylic acids is 2. The summed E-state index contributed by atoms with van der Waals surface area (Å²) >= 11 is 0. The van der Waals surface area contributed by atoms with Crippen LogP contribution in [-0.2, 0) is 20.7 Å². The van der Waals surface area contributed by atoms with E-state index in [1.165, 1.54) is 11.6 Å². The standard InChI is InChI=1S/C24H23NO6/c1-15-11-23(27)31-21-12-17(9-10-18(15)21)29-14-24(28)30-13-22(26)25-20-8-4-6-16-5-2-3-7-19(16)20/h2-3,5,7,9-12,20H,4,6,8,13-14H2,1H3,(H,25,26). The Bertz CT molecular complexity index is 1180. The predicted molar refractivity (Wildman–Crippen MR) is 114 cm³/mol. The van der Waals surface area contributed by atoms with Crippen molar-refractivity contribution in [3.63, 3.8) is 0 Å². The van der Waals surface area contributed by atoms with Crippen molar-refractivity contribution < 1.29 is 23.5 Å². The van der Waals surface area contributed by atoms with Gasteiger partial charge in [0.25, 0.3) is 5.91 Å². The van der Waals surface area contributed by atoms with Gasteiger partial charge in [0, 0.05) is 17.5 Å². The van der Waals surface area contributed by atoms with Crippen molar-refractivity contribution in [2.45, 2.75) is 32.2 Å². The molecular formula is C24H23NO6. The first kappa shape index (κ1) is 20.7. The van der Waals surface area contributed by atoms with Crippen molar-refractivity contribution in [3.8, 4) is 5.75 Å². The van der Waals surface area contributed by atoms with Crippen LogP contribution in [0.5, 0.6) is 5.75 Å². The zero-order valence-corrected chi connectivity index (χ0v) is 17.2. The highest BCUT2D eigenvalue weighted by Crippen LogP contribution is 2.29. The van der Waals surface area contributed by atoms with Gasteiger partial charge in [-0.2, -0.15) is 0 Å². The fourth-order valence-corrected chi connectivity index (χ4v) is 3.86. The summed E-state index contributed by atoms with van der Waals surface area (Å²) in [4.78, 5) is 35.7. The maximum Gasteiger partial charge on any atom is 0.344 e. The third-order valence-electron chi connectivity index (χ3n) is 5.35. The molecule has 31 heavy (non-hydrogen) atoms. The Morgan fingerprint density at radius 1 is 1.13 bits per heavy atom. The summed E-state index contributed by atoms with van der Waals surface area (Å²) in [6.45, 7) is 1.09. The third-order valence-corrected chi connectivity index (χ3v) is 5.35. The smallest absolute Gasteiger partial charge is 0.344 e. The van der Waals surface area contributed by atoms with Gasteiger partial charge >= 0.3 is 11.6 Å². The summed E-state index contributed by atoms with van der Waals surface area (Å²) in [5, 5.41) is 3.72. The summed E-state index contributed by atoms with van der Waals surface area (Å²) in [6, 6.07) is 14.4. The molecule has 0 aliphatic heterocycles. The van der Waals surface area contributed by atoms with Gasteiger partial charge in [0.1, 0.15) is 11.3 Å². The number of fused-ring (bicyclic) bond motifs is 2. The first-order valence-electron chi connectivity index (χ1n) is 10.2. The lowest BCUT2D eigenvalue weighted by Gasteiger charge is -2.26. The topological polar surface area (TPSA) is 94.8 Å². The Morgan fingerprint density at radius 3 is 2.84 bits per heavy atom. The molecule has 1 aromatic heterocycles. The zero-order valence-electron chi connectivity index (χ0n) is 17.2. The molecule has 4 rings (SSSR count). The number of amides is 1. The second-order valence-corrected chi connectivity index (χ2v) is 7.57. The van der Waals surface area contributed by atoms with Gasteiger partial charge in [-0.3, -0.25) is 4.79 Å². The molecule has 0 saturated carbocycles. The van der Waals surface area contributed by atoms with Crippen molar-refractivity contribution in [1.29, 1.82) is 0 Å².